The van der Waals surface area contributed by atoms with E-state index < -0.39 is 0 Å². The summed E-state index contributed by atoms with van der Waals surface area (Å²) >= 11 is 0. The molecule has 0 radical (unpaired) electrons. The molecule has 0 aliphatic heterocycles. The second kappa shape index (κ2) is 10.7. The first-order valence-corrected chi connectivity index (χ1v) is 8.79. The number of carbonyl (C=O) groups excluding carboxylic acids is 1. The van der Waals surface area contributed by atoms with E-state index in [2.05, 4.69) is 5.32 Å². The van der Waals surface area contributed by atoms with Crippen LogP contribution in [-0.2, 0) is 11.3 Å². The Hall–Kier alpha value is -3.40. The minimum atomic E-state index is -0.0646. The van der Waals surface area contributed by atoms with Gasteiger partial charge in [-0.25, -0.2) is 0 Å². The van der Waals surface area contributed by atoms with Crippen LogP contribution in [0.3, 0.4) is 0 Å². The van der Waals surface area contributed by atoms with Crippen molar-refractivity contribution < 1.29 is 23.7 Å². The van der Waals surface area contributed by atoms with Crippen molar-refractivity contribution in [3.8, 4) is 29.1 Å². The Bertz CT molecular complexity index is 845. The molecule has 2 aromatic carbocycles. The zero-order chi connectivity index (χ0) is 20.4. The number of rotatable bonds is 10. The Morgan fingerprint density at radius 3 is 2.32 bits per heavy atom. The maximum Gasteiger partial charge on any atom is 0.220 e. The molecule has 0 saturated carbocycles. The smallest absolute Gasteiger partial charge is 0.220 e. The van der Waals surface area contributed by atoms with Gasteiger partial charge < -0.3 is 24.3 Å². The molecular weight excluding hydrogens is 360 g/mol. The summed E-state index contributed by atoms with van der Waals surface area (Å²) < 4.78 is 21.3. The second-order valence-electron chi connectivity index (χ2n) is 5.90. The molecular formula is C21H24N2O5. The van der Waals surface area contributed by atoms with E-state index in [0.717, 1.165) is 5.56 Å². The average molecular weight is 384 g/mol. The van der Waals surface area contributed by atoms with Gasteiger partial charge in [-0.3, -0.25) is 4.79 Å². The molecule has 1 N–H and O–H groups in total. The lowest BCUT2D eigenvalue weighted by Crippen LogP contribution is -2.23. The van der Waals surface area contributed by atoms with Gasteiger partial charge in [0.2, 0.25) is 5.91 Å². The Morgan fingerprint density at radius 1 is 0.964 bits per heavy atom. The average Bonchev–Trinajstić information content (AvgIpc) is 2.74. The number of amides is 1. The van der Waals surface area contributed by atoms with Crippen LogP contribution in [0.15, 0.2) is 36.4 Å². The van der Waals surface area contributed by atoms with Crippen molar-refractivity contribution in [3.63, 3.8) is 0 Å². The second-order valence-corrected chi connectivity index (χ2v) is 5.90. The van der Waals surface area contributed by atoms with Gasteiger partial charge in [0, 0.05) is 19.0 Å². The number of hydrogen-bond acceptors (Lipinski definition) is 6. The van der Waals surface area contributed by atoms with Crippen LogP contribution in [0.25, 0.3) is 0 Å². The van der Waals surface area contributed by atoms with Crippen LogP contribution in [0.1, 0.15) is 24.0 Å². The fraction of sp³-hybridized carbons (Fsp3) is 0.333. The molecule has 0 heterocycles. The van der Waals surface area contributed by atoms with E-state index in [4.69, 9.17) is 24.2 Å². The van der Waals surface area contributed by atoms with Crippen molar-refractivity contribution in [1.29, 1.82) is 5.26 Å². The number of nitrogens with zero attached hydrogens (tertiary/aromatic N) is 1. The summed E-state index contributed by atoms with van der Waals surface area (Å²) in [5.74, 6) is 2.25. The minimum absolute atomic E-state index is 0.0646. The third kappa shape index (κ3) is 5.81. The first kappa shape index (κ1) is 20.9. The first-order valence-electron chi connectivity index (χ1n) is 8.79. The van der Waals surface area contributed by atoms with Crippen molar-refractivity contribution in [1.82, 2.24) is 5.32 Å². The fourth-order valence-electron chi connectivity index (χ4n) is 2.55. The first-order chi connectivity index (χ1) is 13.6. The summed E-state index contributed by atoms with van der Waals surface area (Å²) in [7, 11) is 4.67. The summed E-state index contributed by atoms with van der Waals surface area (Å²) in [6, 6.07) is 12.5. The van der Waals surface area contributed by atoms with Crippen molar-refractivity contribution in [3.05, 3.63) is 47.5 Å². The normalized spacial score (nSPS) is 9.93. The number of carbonyl (C=O) groups is 1. The van der Waals surface area contributed by atoms with Gasteiger partial charge in [-0.05, 0) is 36.2 Å². The molecule has 1 amide bonds. The predicted octanol–water partition coefficient (Wildman–Crippen LogP) is 3.06. The summed E-state index contributed by atoms with van der Waals surface area (Å²) in [4.78, 5) is 12.0. The molecule has 148 valence electrons. The molecule has 0 aromatic heterocycles. The van der Waals surface area contributed by atoms with Crippen molar-refractivity contribution in [2.45, 2.75) is 19.4 Å². The SMILES string of the molecule is COc1ccc(CNC(=O)CCCOc2ccc(C#N)cc2OC)cc1OC. The number of ether oxygens (including phenoxy) is 4. The topological polar surface area (TPSA) is 89.8 Å². The maximum atomic E-state index is 12.0. The van der Waals surface area contributed by atoms with Crippen LogP contribution in [0.2, 0.25) is 0 Å². The highest BCUT2D eigenvalue weighted by atomic mass is 16.5. The Balaban J connectivity index is 1.76. The van der Waals surface area contributed by atoms with E-state index in [1.54, 1.807) is 38.5 Å². The van der Waals surface area contributed by atoms with Gasteiger partial charge >= 0.3 is 0 Å². The quantitative estimate of drug-likeness (QED) is 0.633. The molecule has 2 rings (SSSR count). The molecule has 0 aliphatic rings. The van der Waals surface area contributed by atoms with Crippen LogP contribution < -0.4 is 24.3 Å². The van der Waals surface area contributed by atoms with E-state index in [1.807, 2.05) is 18.2 Å². The van der Waals surface area contributed by atoms with E-state index in [1.165, 1.54) is 7.11 Å². The van der Waals surface area contributed by atoms with Crippen LogP contribution in [-0.4, -0.2) is 33.8 Å². The third-order valence-electron chi connectivity index (χ3n) is 4.04. The highest BCUT2D eigenvalue weighted by Gasteiger charge is 2.08. The zero-order valence-electron chi connectivity index (χ0n) is 16.3. The van der Waals surface area contributed by atoms with Crippen LogP contribution >= 0.6 is 0 Å². The molecule has 0 spiro atoms. The molecule has 0 fully saturated rings. The molecule has 28 heavy (non-hydrogen) atoms. The molecule has 7 heteroatoms. The van der Waals surface area contributed by atoms with Gasteiger partial charge in [0.05, 0.1) is 39.6 Å². The maximum absolute atomic E-state index is 12.0. The van der Waals surface area contributed by atoms with Gasteiger partial charge in [-0.1, -0.05) is 6.07 Å². The largest absolute Gasteiger partial charge is 0.493 e. The van der Waals surface area contributed by atoms with Crippen LogP contribution in [0.4, 0.5) is 0 Å². The van der Waals surface area contributed by atoms with Crippen LogP contribution in [0, 0.1) is 11.3 Å². The lowest BCUT2D eigenvalue weighted by molar-refractivity contribution is -0.121. The highest BCUT2D eigenvalue weighted by Crippen LogP contribution is 2.28. The molecule has 2 aromatic rings. The standard InChI is InChI=1S/C21H24N2O5/c1-25-17-8-7-16(12-19(17)26-2)14-23-21(24)5-4-10-28-18-9-6-15(13-22)11-20(18)27-3/h6-9,11-12H,4-5,10,14H2,1-3H3,(H,23,24). The monoisotopic (exact) mass is 384 g/mol. The predicted molar refractivity (Wildman–Crippen MR) is 104 cm³/mol. The highest BCUT2D eigenvalue weighted by molar-refractivity contribution is 5.75. The van der Waals surface area contributed by atoms with Gasteiger partial charge in [0.15, 0.2) is 23.0 Å². The van der Waals surface area contributed by atoms with Gasteiger partial charge in [0.1, 0.15) is 0 Å². The molecule has 0 unspecified atom stereocenters. The molecule has 0 bridgehead atoms. The lowest BCUT2D eigenvalue weighted by Gasteiger charge is -2.11. The summed E-state index contributed by atoms with van der Waals surface area (Å²) in [5.41, 5.74) is 1.42. The number of benzene rings is 2. The van der Waals surface area contributed by atoms with Gasteiger partial charge in [-0.2, -0.15) is 5.26 Å². The molecule has 0 atom stereocenters. The van der Waals surface area contributed by atoms with E-state index >= 15 is 0 Å². The Morgan fingerprint density at radius 2 is 1.64 bits per heavy atom. The zero-order valence-corrected chi connectivity index (χ0v) is 16.3. The third-order valence-corrected chi connectivity index (χ3v) is 4.04. The number of hydrogen-bond donors (Lipinski definition) is 1. The van der Waals surface area contributed by atoms with Crippen LogP contribution in [0.5, 0.6) is 23.0 Å². The fourth-order valence-corrected chi connectivity index (χ4v) is 2.55. The van der Waals surface area contributed by atoms with E-state index in [-0.39, 0.29) is 5.91 Å². The lowest BCUT2D eigenvalue weighted by atomic mass is 10.2. The Labute approximate surface area is 164 Å². The summed E-state index contributed by atoms with van der Waals surface area (Å²) in [6.45, 7) is 0.773. The van der Waals surface area contributed by atoms with E-state index in [0.29, 0.717) is 54.6 Å². The molecule has 0 saturated heterocycles. The minimum Gasteiger partial charge on any atom is -0.493 e. The molecule has 0 aliphatic carbocycles. The molecule has 7 nitrogen and oxygen atoms in total. The number of methoxy groups -OCH3 is 3. The van der Waals surface area contributed by atoms with Crippen molar-refractivity contribution >= 4 is 5.91 Å². The number of nitriles is 1. The number of nitrogens with one attached hydrogen (secondary N) is 1. The van der Waals surface area contributed by atoms with Gasteiger partial charge in [-0.15, -0.1) is 0 Å². The summed E-state index contributed by atoms with van der Waals surface area (Å²) in [6.07, 6.45) is 0.896. The van der Waals surface area contributed by atoms with Crippen molar-refractivity contribution in [2.24, 2.45) is 0 Å². The van der Waals surface area contributed by atoms with E-state index in [9.17, 15) is 4.79 Å². The van der Waals surface area contributed by atoms with Crippen molar-refractivity contribution in [2.75, 3.05) is 27.9 Å². The summed E-state index contributed by atoms with van der Waals surface area (Å²) in [5, 5.41) is 11.8. The van der Waals surface area contributed by atoms with Gasteiger partial charge in [0.25, 0.3) is 0 Å². The Kier molecular flexibility index (Phi) is 7.97.